The van der Waals surface area contributed by atoms with E-state index in [1.807, 2.05) is 84.9 Å². The average molecular weight is 548 g/mol. The molecule has 0 radical (unpaired) electrons. The number of carbonyl (C=O) groups excluding carboxylic acids is 2. The Morgan fingerprint density at radius 2 is 1.55 bits per heavy atom. The fraction of sp³-hybridized carbons (Fsp3) is 0.185. The molecule has 38 heavy (non-hydrogen) atoms. The molecule has 0 saturated carbocycles. The number of benzene rings is 3. The third kappa shape index (κ3) is 4.82. The van der Waals surface area contributed by atoms with E-state index >= 15 is 0 Å². The number of hydrogen-bond donors (Lipinski definition) is 1. The Morgan fingerprint density at radius 3 is 2.26 bits per heavy atom. The highest BCUT2D eigenvalue weighted by Crippen LogP contribution is 2.61. The summed E-state index contributed by atoms with van der Waals surface area (Å²) in [6.07, 6.45) is 0. The van der Waals surface area contributed by atoms with Crippen molar-refractivity contribution < 1.29 is 19.1 Å². The molecule has 0 aliphatic carbocycles. The average Bonchev–Trinajstić information content (AvgIpc) is 3.48. The molecule has 2 aliphatic heterocycles. The summed E-state index contributed by atoms with van der Waals surface area (Å²) >= 11 is 2.65. The van der Waals surface area contributed by atoms with Crippen LogP contribution in [-0.2, 0) is 19.1 Å². The van der Waals surface area contributed by atoms with Crippen molar-refractivity contribution in [1.29, 1.82) is 0 Å². The van der Waals surface area contributed by atoms with Gasteiger partial charge >= 0.3 is 11.9 Å². The Labute approximate surface area is 228 Å². The number of ether oxygens (including phenoxy) is 2. The van der Waals surface area contributed by atoms with E-state index in [1.54, 1.807) is 23.8 Å². The van der Waals surface area contributed by atoms with Crippen LogP contribution in [0.15, 0.2) is 100 Å². The van der Waals surface area contributed by atoms with Gasteiger partial charge in [-0.15, -0.1) is 5.10 Å². The number of amidine groups is 1. The molecule has 3 aromatic rings. The van der Waals surface area contributed by atoms with Crippen LogP contribution in [-0.4, -0.2) is 40.4 Å². The molecule has 1 spiro atoms. The molecular formula is C27H25N5O4S2. The van der Waals surface area contributed by atoms with Crippen LogP contribution in [0.1, 0.15) is 13.8 Å². The van der Waals surface area contributed by atoms with Crippen LogP contribution in [0.2, 0.25) is 0 Å². The van der Waals surface area contributed by atoms with Gasteiger partial charge in [-0.1, -0.05) is 60.3 Å². The van der Waals surface area contributed by atoms with Gasteiger partial charge < -0.3 is 9.47 Å². The van der Waals surface area contributed by atoms with Crippen LogP contribution in [0.5, 0.6) is 0 Å². The van der Waals surface area contributed by atoms with Crippen LogP contribution < -0.4 is 15.3 Å². The molecule has 1 unspecified atom stereocenters. The first-order chi connectivity index (χ1) is 18.6. The number of esters is 2. The molecule has 9 nitrogen and oxygen atoms in total. The maximum atomic E-state index is 13.5. The van der Waals surface area contributed by atoms with E-state index in [0.29, 0.717) is 5.69 Å². The Balaban J connectivity index is 1.67. The largest absolute Gasteiger partial charge is 0.461 e. The first-order valence-corrected chi connectivity index (χ1v) is 13.6. The molecule has 1 atom stereocenters. The van der Waals surface area contributed by atoms with Crippen LogP contribution in [0, 0.1) is 0 Å². The monoisotopic (exact) mass is 547 g/mol. The first-order valence-electron chi connectivity index (χ1n) is 12.0. The second-order valence-corrected chi connectivity index (χ2v) is 10.6. The molecule has 2 aliphatic rings. The zero-order valence-electron chi connectivity index (χ0n) is 20.7. The lowest BCUT2D eigenvalue weighted by Crippen LogP contribution is -2.55. The van der Waals surface area contributed by atoms with Gasteiger partial charge in [-0.05, 0) is 62.0 Å². The predicted molar refractivity (Wildman–Crippen MR) is 152 cm³/mol. The molecule has 3 aromatic carbocycles. The molecule has 2 heterocycles. The third-order valence-corrected chi connectivity index (χ3v) is 8.25. The number of fused-ring (bicyclic) bond motifs is 1. The first kappa shape index (κ1) is 25.7. The highest BCUT2D eigenvalue weighted by molar-refractivity contribution is 8.28. The summed E-state index contributed by atoms with van der Waals surface area (Å²) < 4.78 is 9.61. The maximum Gasteiger partial charge on any atom is 0.376 e. The summed E-state index contributed by atoms with van der Waals surface area (Å²) in [6.45, 7) is 3.87. The van der Waals surface area contributed by atoms with Crippen molar-refractivity contribution >= 4 is 63.4 Å². The van der Waals surface area contributed by atoms with Crippen LogP contribution >= 0.6 is 23.5 Å². The summed E-state index contributed by atoms with van der Waals surface area (Å²) in [5.74, 6) is -1.14. The number of anilines is 3. The minimum atomic E-state index is -1.14. The molecular weight excluding hydrogens is 522 g/mol. The maximum absolute atomic E-state index is 13.5. The second-order valence-electron chi connectivity index (χ2n) is 7.96. The van der Waals surface area contributed by atoms with E-state index in [4.69, 9.17) is 14.6 Å². The zero-order chi connectivity index (χ0) is 26.5. The van der Waals surface area contributed by atoms with Gasteiger partial charge in [0, 0.05) is 4.90 Å². The van der Waals surface area contributed by atoms with Crippen molar-refractivity contribution in [3.63, 3.8) is 0 Å². The fourth-order valence-electron chi connectivity index (χ4n) is 3.94. The van der Waals surface area contributed by atoms with Crippen LogP contribution in [0.3, 0.4) is 0 Å². The van der Waals surface area contributed by atoms with Gasteiger partial charge in [0.25, 0.3) is 0 Å². The third-order valence-electron chi connectivity index (χ3n) is 5.51. The van der Waals surface area contributed by atoms with Crippen molar-refractivity contribution in [3.8, 4) is 0 Å². The van der Waals surface area contributed by atoms with Crippen LogP contribution in [0.4, 0.5) is 17.1 Å². The smallest absolute Gasteiger partial charge is 0.376 e. The topological polar surface area (TPSA) is 95.8 Å². The van der Waals surface area contributed by atoms with Gasteiger partial charge in [0.1, 0.15) is 0 Å². The Hall–Kier alpha value is -3.96. The van der Waals surface area contributed by atoms with E-state index in [2.05, 4.69) is 10.5 Å². The van der Waals surface area contributed by atoms with Gasteiger partial charge in [-0.2, -0.15) is 5.10 Å². The minimum absolute atomic E-state index is 0.0156. The van der Waals surface area contributed by atoms with E-state index in [0.717, 1.165) is 16.3 Å². The standard InChI is InChI=1S/C27H25N5O4S2/c1-3-35-25(33)23(29-28-19-13-7-5-8-14-19)31-21-17-11-12-18-22(21)37-27(31)32(20-15-9-6-10-16-20)30-24(38-27)26(34)36-4-2/h5-18,28H,3-4H2,1-2H3/b29-23+. The minimum Gasteiger partial charge on any atom is -0.461 e. The number of nitrogens with zero attached hydrogens (tertiary/aromatic N) is 4. The zero-order valence-corrected chi connectivity index (χ0v) is 22.4. The number of hydrazone groups is 2. The number of para-hydroxylation sites is 3. The Morgan fingerprint density at radius 1 is 0.895 bits per heavy atom. The van der Waals surface area contributed by atoms with Gasteiger partial charge in [-0.25, -0.2) is 14.6 Å². The molecule has 5 rings (SSSR count). The lowest BCUT2D eigenvalue weighted by atomic mass is 10.2. The van der Waals surface area contributed by atoms with Gasteiger partial charge in [0.15, 0.2) is 0 Å². The Kier molecular flexibility index (Phi) is 7.57. The van der Waals surface area contributed by atoms with E-state index in [-0.39, 0.29) is 24.1 Å². The molecule has 0 amide bonds. The van der Waals surface area contributed by atoms with Gasteiger partial charge in [0.2, 0.25) is 15.2 Å². The lowest BCUT2D eigenvalue weighted by Gasteiger charge is -2.39. The number of carbonyl (C=O) groups is 2. The highest BCUT2D eigenvalue weighted by Gasteiger charge is 2.59. The number of thioether (sulfide) groups is 2. The SMILES string of the molecule is CCOC(=O)C1=NN(c2ccccc2)C2(S1)Sc1ccccc1N2/C(=N/Nc1ccccc1)C(=O)OCC. The fourth-order valence-corrected chi connectivity index (χ4v) is 6.85. The molecule has 1 N–H and O–H groups in total. The number of nitrogens with one attached hydrogen (secondary N) is 1. The molecule has 11 heteroatoms. The molecule has 0 aromatic heterocycles. The molecule has 0 bridgehead atoms. The summed E-state index contributed by atoms with van der Waals surface area (Å²) in [5, 5.41) is 11.1. The lowest BCUT2D eigenvalue weighted by molar-refractivity contribution is -0.135. The van der Waals surface area contributed by atoms with E-state index in [9.17, 15) is 9.59 Å². The van der Waals surface area contributed by atoms with Crippen molar-refractivity contribution in [2.75, 3.05) is 28.5 Å². The molecule has 0 fully saturated rings. The summed E-state index contributed by atoms with van der Waals surface area (Å²) in [4.78, 5) is 29.0. The van der Waals surface area contributed by atoms with Crippen LogP contribution in [0.25, 0.3) is 0 Å². The van der Waals surface area contributed by atoms with Crippen molar-refractivity contribution in [2.45, 2.75) is 23.1 Å². The summed E-state index contributed by atoms with van der Waals surface area (Å²) in [7, 11) is 0. The normalized spacial score (nSPS) is 18.3. The summed E-state index contributed by atoms with van der Waals surface area (Å²) in [5.41, 5.74) is 5.14. The molecule has 0 saturated heterocycles. The van der Waals surface area contributed by atoms with Crippen molar-refractivity contribution in [1.82, 2.24) is 0 Å². The predicted octanol–water partition coefficient (Wildman–Crippen LogP) is 5.33. The van der Waals surface area contributed by atoms with Gasteiger partial charge in [-0.3, -0.25) is 10.3 Å². The quantitative estimate of drug-likeness (QED) is 0.190. The van der Waals surface area contributed by atoms with Gasteiger partial charge in [0.05, 0.1) is 30.3 Å². The van der Waals surface area contributed by atoms with E-state index < -0.39 is 16.3 Å². The Bertz CT molecular complexity index is 1390. The highest BCUT2D eigenvalue weighted by atomic mass is 32.2. The van der Waals surface area contributed by atoms with Crippen molar-refractivity contribution in [3.05, 3.63) is 84.9 Å². The number of hydrogen-bond acceptors (Lipinski definition) is 10. The van der Waals surface area contributed by atoms with Crippen molar-refractivity contribution in [2.24, 2.45) is 10.2 Å². The number of rotatable bonds is 6. The summed E-state index contributed by atoms with van der Waals surface area (Å²) in [6, 6.07) is 26.5. The van der Waals surface area contributed by atoms with E-state index in [1.165, 1.54) is 23.5 Å². The second kappa shape index (κ2) is 11.2. The molecule has 194 valence electrons.